The van der Waals surface area contributed by atoms with E-state index in [1.807, 2.05) is 42.7 Å². The van der Waals surface area contributed by atoms with Crippen LogP contribution in [0, 0.1) is 11.8 Å². The molecule has 1 aliphatic heterocycles. The zero-order chi connectivity index (χ0) is 30.3. The summed E-state index contributed by atoms with van der Waals surface area (Å²) in [5, 5.41) is 3.82. The number of amides is 2. The standard InChI is InChI=1S/C35H41N3O3S2/c1-25(2)33-37(23-27-18-20-29(21-19-27)28-14-6-4-7-15-28)32(31(39)24-43(41)30-16-8-5-9-17-30)34(42-3)38(33)35(40)36-22-26-12-10-11-13-26/h4-9,14-21,25-26,33H,10-13,22-24H2,1-3H3,(H,36,40). The molecule has 0 bridgehead atoms. The molecule has 3 aromatic rings. The minimum atomic E-state index is -1.50. The number of nitrogens with one attached hydrogen (secondary N) is 1. The molecule has 0 aromatic heterocycles. The maximum Gasteiger partial charge on any atom is 0.324 e. The maximum absolute atomic E-state index is 14.1. The molecule has 2 aliphatic rings. The van der Waals surface area contributed by atoms with Crippen molar-refractivity contribution in [2.75, 3.05) is 18.6 Å². The molecule has 2 atom stereocenters. The van der Waals surface area contributed by atoms with E-state index in [-0.39, 0.29) is 29.7 Å². The monoisotopic (exact) mass is 615 g/mol. The van der Waals surface area contributed by atoms with E-state index in [9.17, 15) is 14.1 Å². The molecule has 1 aliphatic carbocycles. The Balaban J connectivity index is 1.46. The molecule has 2 unspecified atom stereocenters. The number of rotatable bonds is 11. The van der Waals surface area contributed by atoms with Crippen molar-refractivity contribution in [2.24, 2.45) is 11.8 Å². The van der Waals surface area contributed by atoms with Crippen LogP contribution in [0.3, 0.4) is 0 Å². The van der Waals surface area contributed by atoms with Gasteiger partial charge in [-0.1, -0.05) is 99.5 Å². The number of carbonyl (C=O) groups excluding carboxylic acids is 2. The quantitative estimate of drug-likeness (QED) is 0.230. The Hall–Kier alpha value is -3.20. The molecule has 5 rings (SSSR count). The lowest BCUT2D eigenvalue weighted by molar-refractivity contribution is -0.115. The van der Waals surface area contributed by atoms with Gasteiger partial charge >= 0.3 is 6.03 Å². The van der Waals surface area contributed by atoms with Crippen LogP contribution in [-0.4, -0.2) is 50.9 Å². The topological polar surface area (TPSA) is 75.7 Å². The first-order valence-corrected chi connectivity index (χ1v) is 17.6. The van der Waals surface area contributed by atoms with Gasteiger partial charge in [-0.15, -0.1) is 11.8 Å². The number of Topliss-reactive ketones (excluding diaryl/α,β-unsaturated/α-hetero) is 1. The summed E-state index contributed by atoms with van der Waals surface area (Å²) in [6.45, 7) is 5.26. The number of carbonyl (C=O) groups is 2. The van der Waals surface area contributed by atoms with E-state index in [2.05, 4.69) is 60.5 Å². The van der Waals surface area contributed by atoms with E-state index in [1.165, 1.54) is 24.6 Å². The molecule has 6 nitrogen and oxygen atoms in total. The molecule has 1 N–H and O–H groups in total. The van der Waals surface area contributed by atoms with E-state index < -0.39 is 11.2 Å². The van der Waals surface area contributed by atoms with Crippen LogP contribution in [0.25, 0.3) is 11.1 Å². The van der Waals surface area contributed by atoms with Crippen molar-refractivity contribution in [3.8, 4) is 11.1 Å². The molecule has 226 valence electrons. The van der Waals surface area contributed by atoms with Gasteiger partial charge in [-0.3, -0.25) is 9.69 Å². The highest BCUT2D eigenvalue weighted by Crippen LogP contribution is 2.40. The fourth-order valence-corrected chi connectivity index (χ4v) is 7.96. The molecule has 43 heavy (non-hydrogen) atoms. The molecule has 1 heterocycles. The van der Waals surface area contributed by atoms with E-state index in [0.717, 1.165) is 29.5 Å². The highest BCUT2D eigenvalue weighted by molar-refractivity contribution is 8.02. The van der Waals surface area contributed by atoms with Crippen molar-refractivity contribution in [1.29, 1.82) is 0 Å². The minimum absolute atomic E-state index is 0.0351. The highest BCUT2D eigenvalue weighted by Gasteiger charge is 2.46. The van der Waals surface area contributed by atoms with Crippen molar-refractivity contribution in [3.63, 3.8) is 0 Å². The fourth-order valence-electron chi connectivity index (χ4n) is 6.15. The Morgan fingerprint density at radius 3 is 2.14 bits per heavy atom. The Morgan fingerprint density at radius 2 is 1.53 bits per heavy atom. The second-order valence-corrected chi connectivity index (χ2v) is 13.9. The normalized spacial score (nSPS) is 18.0. The van der Waals surface area contributed by atoms with Crippen LogP contribution in [-0.2, 0) is 22.5 Å². The number of urea groups is 1. The van der Waals surface area contributed by atoms with E-state index in [1.54, 1.807) is 17.0 Å². The van der Waals surface area contributed by atoms with Gasteiger partial charge in [0, 0.05) is 13.1 Å². The second kappa shape index (κ2) is 14.5. The third kappa shape index (κ3) is 7.31. The largest absolute Gasteiger partial charge is 0.611 e. The Morgan fingerprint density at radius 1 is 0.930 bits per heavy atom. The van der Waals surface area contributed by atoms with E-state index >= 15 is 0 Å². The number of nitrogens with zero attached hydrogens (tertiary/aromatic N) is 2. The number of benzene rings is 3. The predicted octanol–water partition coefficient (Wildman–Crippen LogP) is 7.26. The third-order valence-electron chi connectivity index (χ3n) is 8.26. The first kappa shape index (κ1) is 31.2. The van der Waals surface area contributed by atoms with E-state index in [4.69, 9.17) is 0 Å². The molecule has 1 saturated carbocycles. The fraction of sp³-hybridized carbons (Fsp3) is 0.371. The molecular weight excluding hydrogens is 575 g/mol. The molecule has 2 amide bonds. The second-order valence-electron chi connectivity index (χ2n) is 11.6. The third-order valence-corrected chi connectivity index (χ3v) is 10.4. The average molecular weight is 616 g/mol. The number of allylic oxidation sites excluding steroid dienone is 1. The molecule has 1 fully saturated rings. The van der Waals surface area contributed by atoms with Gasteiger partial charge in [0.2, 0.25) is 5.78 Å². The van der Waals surface area contributed by atoms with Crippen LogP contribution in [0.2, 0.25) is 0 Å². The van der Waals surface area contributed by atoms with Gasteiger partial charge in [-0.25, -0.2) is 4.79 Å². The Labute approximate surface area is 263 Å². The zero-order valence-corrected chi connectivity index (χ0v) is 26.8. The van der Waals surface area contributed by atoms with Gasteiger partial charge in [-0.2, -0.15) is 0 Å². The Bertz CT molecular complexity index is 1410. The summed E-state index contributed by atoms with van der Waals surface area (Å²) in [5.74, 6) is 0.173. The lowest BCUT2D eigenvalue weighted by atomic mass is 10.0. The number of thioether (sulfide) groups is 1. The highest BCUT2D eigenvalue weighted by atomic mass is 32.2. The van der Waals surface area contributed by atoms with Crippen LogP contribution in [0.1, 0.15) is 45.1 Å². The van der Waals surface area contributed by atoms with Crippen molar-refractivity contribution in [2.45, 2.75) is 57.1 Å². The molecule has 0 radical (unpaired) electrons. The number of ketones is 1. The van der Waals surface area contributed by atoms with Crippen molar-refractivity contribution < 1.29 is 14.1 Å². The zero-order valence-electron chi connectivity index (χ0n) is 25.2. The SMILES string of the molecule is CSC1=C(C(=O)C[S+]([O-])c2ccccc2)N(Cc2ccc(-c3ccccc3)cc2)C(C(C)C)N1C(=O)NCC1CCCC1. The summed E-state index contributed by atoms with van der Waals surface area (Å²) in [5.41, 5.74) is 3.77. The van der Waals surface area contributed by atoms with Crippen LogP contribution >= 0.6 is 11.8 Å². The first-order chi connectivity index (χ1) is 20.9. The Kier molecular flexibility index (Phi) is 10.5. The summed E-state index contributed by atoms with van der Waals surface area (Å²) in [6, 6.07) is 27.5. The molecular formula is C35H41N3O3S2. The number of hydrogen-bond acceptors (Lipinski definition) is 5. The lowest BCUT2D eigenvalue weighted by Crippen LogP contribution is -2.50. The summed E-state index contributed by atoms with van der Waals surface area (Å²) in [4.78, 5) is 32.4. The van der Waals surface area contributed by atoms with Gasteiger partial charge < -0.3 is 14.8 Å². The minimum Gasteiger partial charge on any atom is -0.611 e. The van der Waals surface area contributed by atoms with Gasteiger partial charge in [0.25, 0.3) is 0 Å². The number of hydrogen-bond donors (Lipinski definition) is 1. The average Bonchev–Trinajstić information content (AvgIpc) is 3.67. The molecule has 0 saturated heterocycles. The molecule has 0 spiro atoms. The van der Waals surface area contributed by atoms with Gasteiger partial charge in [0.15, 0.2) is 10.6 Å². The summed E-state index contributed by atoms with van der Waals surface area (Å²) < 4.78 is 13.3. The maximum atomic E-state index is 14.1. The first-order valence-electron chi connectivity index (χ1n) is 15.1. The van der Waals surface area contributed by atoms with E-state index in [0.29, 0.717) is 34.6 Å². The molecule has 8 heteroatoms. The summed E-state index contributed by atoms with van der Waals surface area (Å²) in [7, 11) is 0. The van der Waals surface area contributed by atoms with Crippen molar-refractivity contribution >= 4 is 34.8 Å². The van der Waals surface area contributed by atoms with Gasteiger partial charge in [0.1, 0.15) is 16.9 Å². The smallest absolute Gasteiger partial charge is 0.324 e. The van der Waals surface area contributed by atoms with Crippen LogP contribution in [0.5, 0.6) is 0 Å². The van der Waals surface area contributed by atoms with Gasteiger partial charge in [0.05, 0.1) is 0 Å². The summed E-state index contributed by atoms with van der Waals surface area (Å²) in [6.07, 6.45) is 6.25. The van der Waals surface area contributed by atoms with Crippen molar-refractivity contribution in [3.05, 3.63) is 101 Å². The molecule has 3 aromatic carbocycles. The van der Waals surface area contributed by atoms with Gasteiger partial charge in [-0.05, 0) is 70.9 Å². The summed E-state index contributed by atoms with van der Waals surface area (Å²) >= 11 is -0.0952. The predicted molar refractivity (Wildman–Crippen MR) is 177 cm³/mol. The van der Waals surface area contributed by atoms with Crippen molar-refractivity contribution in [1.82, 2.24) is 15.1 Å². The lowest BCUT2D eigenvalue weighted by Gasteiger charge is -2.36. The van der Waals surface area contributed by atoms with Crippen LogP contribution < -0.4 is 5.32 Å². The van der Waals surface area contributed by atoms with Crippen LogP contribution in [0.15, 0.2) is 101 Å². The van der Waals surface area contributed by atoms with Crippen LogP contribution in [0.4, 0.5) is 4.79 Å².